The molecule has 0 radical (unpaired) electrons. The molecule has 0 bridgehead atoms. The normalized spacial score (nSPS) is 12.5. The van der Waals surface area contributed by atoms with Gasteiger partial charge in [0, 0.05) is 13.7 Å². The molecule has 0 saturated carbocycles. The second kappa shape index (κ2) is 7.97. The van der Waals surface area contributed by atoms with Crippen molar-refractivity contribution in [3.05, 3.63) is 0 Å². The number of rotatable bonds is 7. The van der Waals surface area contributed by atoms with E-state index >= 15 is 0 Å². The van der Waals surface area contributed by atoms with Crippen molar-refractivity contribution >= 4 is 5.91 Å². The van der Waals surface area contributed by atoms with Crippen molar-refractivity contribution < 1.29 is 14.3 Å². The lowest BCUT2D eigenvalue weighted by atomic mass is 10.3. The molecule has 0 aliphatic carbocycles. The van der Waals surface area contributed by atoms with Crippen molar-refractivity contribution in [2.24, 2.45) is 5.84 Å². The number of unbranched alkanes of at least 4 members (excludes halogenated alkanes) is 1. The highest BCUT2D eigenvalue weighted by atomic mass is 16.5. The Kier molecular flexibility index (Phi) is 7.57. The average molecular weight is 190 g/mol. The first-order valence-corrected chi connectivity index (χ1v) is 4.37. The number of hydrogen-bond acceptors (Lipinski definition) is 4. The number of carbonyl (C=O) groups is 1. The van der Waals surface area contributed by atoms with Gasteiger partial charge in [-0.3, -0.25) is 10.2 Å². The number of hydrazine groups is 1. The Balaban J connectivity index is 3.73. The molecule has 0 aliphatic heterocycles. The molecule has 0 aromatic rings. The van der Waals surface area contributed by atoms with Crippen LogP contribution in [0, 0.1) is 0 Å². The summed E-state index contributed by atoms with van der Waals surface area (Å²) < 4.78 is 10.1. The number of hydrogen-bond donors (Lipinski definition) is 2. The van der Waals surface area contributed by atoms with Gasteiger partial charge in [-0.15, -0.1) is 0 Å². The number of carbonyl (C=O) groups excluding carboxylic acids is 1. The minimum Gasteiger partial charge on any atom is -0.381 e. The SMILES string of the molecule is CCCCOC(COC)C(=O)NN. The zero-order chi connectivity index (χ0) is 10.1. The predicted molar refractivity (Wildman–Crippen MR) is 48.9 cm³/mol. The number of nitrogens with two attached hydrogens (primary N) is 1. The van der Waals surface area contributed by atoms with E-state index in [0.717, 1.165) is 12.8 Å². The molecule has 0 heterocycles. The minimum atomic E-state index is -0.596. The fourth-order valence-electron chi connectivity index (χ4n) is 0.814. The maximum Gasteiger partial charge on any atom is 0.265 e. The van der Waals surface area contributed by atoms with E-state index in [1.54, 1.807) is 0 Å². The molecule has 0 saturated heterocycles. The van der Waals surface area contributed by atoms with Gasteiger partial charge in [0.1, 0.15) is 0 Å². The topological polar surface area (TPSA) is 73.6 Å². The number of ether oxygens (including phenoxy) is 2. The Bertz CT molecular complexity index is 141. The lowest BCUT2D eigenvalue weighted by Gasteiger charge is -2.14. The van der Waals surface area contributed by atoms with E-state index in [4.69, 9.17) is 15.3 Å². The van der Waals surface area contributed by atoms with Crippen LogP contribution in [0.2, 0.25) is 0 Å². The van der Waals surface area contributed by atoms with Gasteiger partial charge in [0.15, 0.2) is 6.10 Å². The first-order valence-electron chi connectivity index (χ1n) is 4.37. The van der Waals surface area contributed by atoms with Crippen molar-refractivity contribution in [3.8, 4) is 0 Å². The van der Waals surface area contributed by atoms with Gasteiger partial charge in [-0.2, -0.15) is 0 Å². The Labute approximate surface area is 78.5 Å². The molecule has 5 nitrogen and oxygen atoms in total. The molecule has 1 amide bonds. The molecule has 0 aromatic heterocycles. The van der Waals surface area contributed by atoms with Crippen molar-refractivity contribution in [2.45, 2.75) is 25.9 Å². The van der Waals surface area contributed by atoms with E-state index in [1.807, 2.05) is 5.43 Å². The fourth-order valence-corrected chi connectivity index (χ4v) is 0.814. The zero-order valence-corrected chi connectivity index (χ0v) is 8.21. The molecule has 5 heteroatoms. The van der Waals surface area contributed by atoms with E-state index in [-0.39, 0.29) is 12.5 Å². The fraction of sp³-hybridized carbons (Fsp3) is 0.875. The van der Waals surface area contributed by atoms with Gasteiger partial charge in [-0.05, 0) is 6.42 Å². The Morgan fingerprint density at radius 1 is 1.62 bits per heavy atom. The van der Waals surface area contributed by atoms with Crippen LogP contribution in [0.1, 0.15) is 19.8 Å². The lowest BCUT2D eigenvalue weighted by molar-refractivity contribution is -0.136. The van der Waals surface area contributed by atoms with Crippen molar-refractivity contribution in [3.63, 3.8) is 0 Å². The third-order valence-corrected chi connectivity index (χ3v) is 1.57. The molecule has 0 rings (SSSR count). The molecular weight excluding hydrogens is 172 g/mol. The van der Waals surface area contributed by atoms with E-state index in [2.05, 4.69) is 6.92 Å². The summed E-state index contributed by atoms with van der Waals surface area (Å²) in [5.74, 6) is 4.62. The van der Waals surface area contributed by atoms with Crippen molar-refractivity contribution in [1.82, 2.24) is 5.43 Å². The van der Waals surface area contributed by atoms with Gasteiger partial charge in [-0.25, -0.2) is 5.84 Å². The summed E-state index contributed by atoms with van der Waals surface area (Å²) in [7, 11) is 1.51. The van der Waals surface area contributed by atoms with E-state index < -0.39 is 6.10 Å². The highest BCUT2D eigenvalue weighted by molar-refractivity contribution is 5.80. The minimum absolute atomic E-state index is 0.229. The van der Waals surface area contributed by atoms with E-state index in [9.17, 15) is 4.79 Å². The van der Waals surface area contributed by atoms with Crippen LogP contribution < -0.4 is 11.3 Å². The molecule has 13 heavy (non-hydrogen) atoms. The van der Waals surface area contributed by atoms with Gasteiger partial charge >= 0.3 is 0 Å². The van der Waals surface area contributed by atoms with Crippen LogP contribution in [0.25, 0.3) is 0 Å². The van der Waals surface area contributed by atoms with Crippen LogP contribution in [0.4, 0.5) is 0 Å². The summed E-state index contributed by atoms with van der Waals surface area (Å²) in [5.41, 5.74) is 2.03. The highest BCUT2D eigenvalue weighted by Gasteiger charge is 2.17. The molecule has 0 aromatic carbocycles. The summed E-state index contributed by atoms with van der Waals surface area (Å²) in [6.07, 6.45) is 1.36. The quantitative estimate of drug-likeness (QED) is 0.252. The van der Waals surface area contributed by atoms with Crippen molar-refractivity contribution in [1.29, 1.82) is 0 Å². The first-order chi connectivity index (χ1) is 6.26. The Hall–Kier alpha value is -0.650. The smallest absolute Gasteiger partial charge is 0.265 e. The summed E-state index contributed by atoms with van der Waals surface area (Å²) in [6, 6.07) is 0. The Morgan fingerprint density at radius 2 is 2.31 bits per heavy atom. The summed E-state index contributed by atoms with van der Waals surface area (Å²) in [6.45, 7) is 2.84. The summed E-state index contributed by atoms with van der Waals surface area (Å²) >= 11 is 0. The van der Waals surface area contributed by atoms with Crippen LogP contribution in [-0.4, -0.2) is 32.3 Å². The van der Waals surface area contributed by atoms with E-state index in [1.165, 1.54) is 7.11 Å². The van der Waals surface area contributed by atoms with Gasteiger partial charge in [0.2, 0.25) is 0 Å². The third-order valence-electron chi connectivity index (χ3n) is 1.57. The largest absolute Gasteiger partial charge is 0.381 e. The predicted octanol–water partition coefficient (Wildman–Crippen LogP) is -0.192. The third kappa shape index (κ3) is 5.57. The molecule has 0 spiro atoms. The standard InChI is InChI=1S/C8H18N2O3/c1-3-4-5-13-7(6-12-2)8(11)10-9/h7H,3-6,9H2,1-2H3,(H,10,11). The number of nitrogens with one attached hydrogen (secondary N) is 1. The van der Waals surface area contributed by atoms with E-state index in [0.29, 0.717) is 6.61 Å². The maximum absolute atomic E-state index is 11.1. The molecule has 78 valence electrons. The Morgan fingerprint density at radius 3 is 2.77 bits per heavy atom. The van der Waals surface area contributed by atoms with Crippen LogP contribution in [0.15, 0.2) is 0 Å². The average Bonchev–Trinajstić information content (AvgIpc) is 2.16. The maximum atomic E-state index is 11.1. The molecular formula is C8H18N2O3. The first kappa shape index (κ1) is 12.3. The summed E-state index contributed by atoms with van der Waals surface area (Å²) in [5, 5.41) is 0. The summed E-state index contributed by atoms with van der Waals surface area (Å²) in [4.78, 5) is 11.1. The number of amides is 1. The second-order valence-electron chi connectivity index (χ2n) is 2.68. The van der Waals surface area contributed by atoms with Gasteiger partial charge in [0.05, 0.1) is 6.61 Å². The molecule has 0 aliphatic rings. The molecule has 3 N–H and O–H groups in total. The number of methoxy groups -OCH3 is 1. The van der Waals surface area contributed by atoms with Crippen LogP contribution >= 0.6 is 0 Å². The zero-order valence-electron chi connectivity index (χ0n) is 8.21. The highest BCUT2D eigenvalue weighted by Crippen LogP contribution is 1.96. The van der Waals surface area contributed by atoms with Gasteiger partial charge in [-0.1, -0.05) is 13.3 Å². The van der Waals surface area contributed by atoms with Crippen LogP contribution in [0.5, 0.6) is 0 Å². The van der Waals surface area contributed by atoms with Crippen LogP contribution in [0.3, 0.4) is 0 Å². The molecule has 0 fully saturated rings. The molecule has 1 atom stereocenters. The van der Waals surface area contributed by atoms with Gasteiger partial charge < -0.3 is 9.47 Å². The van der Waals surface area contributed by atoms with Gasteiger partial charge in [0.25, 0.3) is 5.91 Å². The molecule has 1 unspecified atom stereocenters. The monoisotopic (exact) mass is 190 g/mol. The van der Waals surface area contributed by atoms with Crippen LogP contribution in [-0.2, 0) is 14.3 Å². The lowest BCUT2D eigenvalue weighted by Crippen LogP contribution is -2.42. The van der Waals surface area contributed by atoms with Crippen molar-refractivity contribution in [2.75, 3.05) is 20.3 Å². The second-order valence-corrected chi connectivity index (χ2v) is 2.68.